The summed E-state index contributed by atoms with van der Waals surface area (Å²) in [6.07, 6.45) is 1.48. The summed E-state index contributed by atoms with van der Waals surface area (Å²) in [5.74, 6) is 0. The topological polar surface area (TPSA) is 37.4 Å². The molecule has 0 aromatic carbocycles. The number of hydrogen-bond acceptors (Lipinski definition) is 4. The van der Waals surface area contributed by atoms with Crippen molar-refractivity contribution in [3.63, 3.8) is 0 Å². The predicted octanol–water partition coefficient (Wildman–Crippen LogP) is 1.59. The molecule has 0 bridgehead atoms. The fourth-order valence-corrected chi connectivity index (χ4v) is 2.63. The number of ether oxygens (including phenoxy) is 1. The molecule has 1 aliphatic rings. The second kappa shape index (κ2) is 6.98. The first-order valence-corrected chi connectivity index (χ1v) is 7.12. The molecule has 0 aliphatic carbocycles. The van der Waals surface area contributed by atoms with Crippen LogP contribution >= 0.6 is 0 Å². The van der Waals surface area contributed by atoms with E-state index in [2.05, 4.69) is 34.3 Å². The van der Waals surface area contributed by atoms with Gasteiger partial charge in [0.2, 0.25) is 0 Å². The van der Waals surface area contributed by atoms with Gasteiger partial charge in [0.05, 0.1) is 11.8 Å². The normalized spacial score (nSPS) is 23.2. The van der Waals surface area contributed by atoms with Crippen molar-refractivity contribution in [2.45, 2.75) is 39.0 Å². The Morgan fingerprint density at radius 3 is 2.95 bits per heavy atom. The van der Waals surface area contributed by atoms with Crippen LogP contribution in [0.1, 0.15) is 24.7 Å². The zero-order chi connectivity index (χ0) is 13.7. The van der Waals surface area contributed by atoms with Crippen molar-refractivity contribution in [2.75, 3.05) is 26.7 Å². The molecule has 2 rings (SSSR count). The second-order valence-corrected chi connectivity index (χ2v) is 5.30. The Bertz CT molecular complexity index is 397. The van der Waals surface area contributed by atoms with Crippen molar-refractivity contribution < 1.29 is 4.74 Å². The molecular weight excluding hydrogens is 238 g/mol. The Kier molecular flexibility index (Phi) is 5.31. The maximum atomic E-state index is 5.40. The quantitative estimate of drug-likeness (QED) is 0.846. The van der Waals surface area contributed by atoms with Gasteiger partial charge >= 0.3 is 0 Å². The molecule has 2 heterocycles. The Morgan fingerprint density at radius 1 is 1.47 bits per heavy atom. The van der Waals surface area contributed by atoms with Crippen molar-refractivity contribution in [3.05, 3.63) is 29.6 Å². The highest BCUT2D eigenvalue weighted by molar-refractivity contribution is 5.09. The molecule has 106 valence electrons. The Balaban J connectivity index is 1.87. The number of rotatable bonds is 6. The summed E-state index contributed by atoms with van der Waals surface area (Å²) in [7, 11) is 1.79. The van der Waals surface area contributed by atoms with Gasteiger partial charge in [-0.25, -0.2) is 0 Å². The summed E-state index contributed by atoms with van der Waals surface area (Å²) in [5, 5.41) is 3.53. The number of hydrogen-bond donors (Lipinski definition) is 1. The van der Waals surface area contributed by atoms with Crippen LogP contribution in [0.4, 0.5) is 0 Å². The van der Waals surface area contributed by atoms with Gasteiger partial charge in [-0.2, -0.15) is 0 Å². The number of aryl methyl sites for hydroxylation is 1. The van der Waals surface area contributed by atoms with Crippen molar-refractivity contribution in [2.24, 2.45) is 0 Å². The van der Waals surface area contributed by atoms with E-state index in [0.717, 1.165) is 44.0 Å². The highest BCUT2D eigenvalue weighted by Crippen LogP contribution is 2.12. The standard InChI is InChI=1S/C15H25N3O/c1-4-18(10-13-7-5-6-12(2)17-13)11-14-8-15(19-3)9-16-14/h5-7,14-16H,4,8-11H2,1-3H3. The second-order valence-electron chi connectivity index (χ2n) is 5.30. The van der Waals surface area contributed by atoms with E-state index < -0.39 is 0 Å². The molecule has 0 spiro atoms. The van der Waals surface area contributed by atoms with Gasteiger partial charge in [0.15, 0.2) is 0 Å². The first-order valence-electron chi connectivity index (χ1n) is 7.12. The number of aromatic nitrogens is 1. The van der Waals surface area contributed by atoms with Gasteiger partial charge < -0.3 is 10.1 Å². The van der Waals surface area contributed by atoms with E-state index in [9.17, 15) is 0 Å². The summed E-state index contributed by atoms with van der Waals surface area (Å²) >= 11 is 0. The maximum Gasteiger partial charge on any atom is 0.0711 e. The molecular formula is C15H25N3O. The summed E-state index contributed by atoms with van der Waals surface area (Å²) < 4.78 is 5.40. The van der Waals surface area contributed by atoms with E-state index in [1.807, 2.05) is 13.0 Å². The number of nitrogens with zero attached hydrogens (tertiary/aromatic N) is 2. The minimum Gasteiger partial charge on any atom is -0.380 e. The van der Waals surface area contributed by atoms with Crippen LogP contribution in [0.5, 0.6) is 0 Å². The van der Waals surface area contributed by atoms with E-state index in [1.165, 1.54) is 0 Å². The summed E-state index contributed by atoms with van der Waals surface area (Å²) in [6, 6.07) is 6.77. The minimum absolute atomic E-state index is 0.376. The predicted molar refractivity (Wildman–Crippen MR) is 77.1 cm³/mol. The van der Waals surface area contributed by atoms with Gasteiger partial charge in [-0.3, -0.25) is 9.88 Å². The Hall–Kier alpha value is -0.970. The van der Waals surface area contributed by atoms with Crippen LogP contribution in [-0.4, -0.2) is 48.8 Å². The molecule has 1 N–H and O–H groups in total. The lowest BCUT2D eigenvalue weighted by Crippen LogP contribution is -2.37. The lowest BCUT2D eigenvalue weighted by molar-refractivity contribution is 0.115. The molecule has 0 amide bonds. The molecule has 2 unspecified atom stereocenters. The third-order valence-electron chi connectivity index (χ3n) is 3.77. The zero-order valence-electron chi connectivity index (χ0n) is 12.2. The summed E-state index contributed by atoms with van der Waals surface area (Å²) in [6.45, 7) is 8.26. The van der Waals surface area contributed by atoms with Crippen LogP contribution in [0.25, 0.3) is 0 Å². The number of methoxy groups -OCH3 is 1. The largest absolute Gasteiger partial charge is 0.380 e. The van der Waals surface area contributed by atoms with E-state index in [4.69, 9.17) is 4.74 Å². The molecule has 0 radical (unpaired) electrons. The van der Waals surface area contributed by atoms with Crippen LogP contribution in [0.15, 0.2) is 18.2 Å². The Morgan fingerprint density at radius 2 is 2.32 bits per heavy atom. The fourth-order valence-electron chi connectivity index (χ4n) is 2.63. The summed E-state index contributed by atoms with van der Waals surface area (Å²) in [4.78, 5) is 7.02. The molecule has 4 heteroatoms. The molecule has 1 aliphatic heterocycles. The molecule has 1 aromatic rings. The van der Waals surface area contributed by atoms with Crippen LogP contribution in [0.3, 0.4) is 0 Å². The SMILES string of the molecule is CCN(Cc1cccc(C)n1)CC1CC(OC)CN1. The highest BCUT2D eigenvalue weighted by atomic mass is 16.5. The van der Waals surface area contributed by atoms with E-state index >= 15 is 0 Å². The molecule has 19 heavy (non-hydrogen) atoms. The number of pyridine rings is 1. The highest BCUT2D eigenvalue weighted by Gasteiger charge is 2.25. The fraction of sp³-hybridized carbons (Fsp3) is 0.667. The van der Waals surface area contributed by atoms with E-state index in [1.54, 1.807) is 7.11 Å². The number of nitrogens with one attached hydrogen (secondary N) is 1. The lowest BCUT2D eigenvalue weighted by atomic mass is 10.2. The smallest absolute Gasteiger partial charge is 0.0711 e. The van der Waals surface area contributed by atoms with Gasteiger partial charge in [-0.1, -0.05) is 13.0 Å². The van der Waals surface area contributed by atoms with Crippen molar-refractivity contribution in [1.29, 1.82) is 0 Å². The maximum absolute atomic E-state index is 5.40. The van der Waals surface area contributed by atoms with Gasteiger partial charge in [0, 0.05) is 38.5 Å². The molecule has 1 saturated heterocycles. The monoisotopic (exact) mass is 263 g/mol. The molecule has 1 aromatic heterocycles. The molecule has 4 nitrogen and oxygen atoms in total. The zero-order valence-corrected chi connectivity index (χ0v) is 12.2. The average Bonchev–Trinajstić information content (AvgIpc) is 2.85. The van der Waals surface area contributed by atoms with Crippen LogP contribution in [0.2, 0.25) is 0 Å². The van der Waals surface area contributed by atoms with Crippen molar-refractivity contribution in [1.82, 2.24) is 15.2 Å². The average molecular weight is 263 g/mol. The van der Waals surface area contributed by atoms with Crippen LogP contribution in [0, 0.1) is 6.92 Å². The first-order chi connectivity index (χ1) is 9.21. The third kappa shape index (κ3) is 4.27. The Labute approximate surface area is 116 Å². The van der Waals surface area contributed by atoms with E-state index in [-0.39, 0.29) is 0 Å². The number of likely N-dealkylation sites (N-methyl/N-ethyl adjacent to an activating group) is 1. The van der Waals surface area contributed by atoms with Crippen LogP contribution < -0.4 is 5.32 Å². The van der Waals surface area contributed by atoms with Gasteiger partial charge in [0.1, 0.15) is 0 Å². The first kappa shape index (κ1) is 14.4. The minimum atomic E-state index is 0.376. The molecule has 0 saturated carbocycles. The van der Waals surface area contributed by atoms with Gasteiger partial charge in [-0.15, -0.1) is 0 Å². The molecule has 1 fully saturated rings. The van der Waals surface area contributed by atoms with E-state index in [0.29, 0.717) is 12.1 Å². The van der Waals surface area contributed by atoms with Crippen LogP contribution in [-0.2, 0) is 11.3 Å². The van der Waals surface area contributed by atoms with Gasteiger partial charge in [-0.05, 0) is 32.0 Å². The summed E-state index contributed by atoms with van der Waals surface area (Å²) in [5.41, 5.74) is 2.25. The molecule has 2 atom stereocenters. The van der Waals surface area contributed by atoms with Crippen molar-refractivity contribution >= 4 is 0 Å². The van der Waals surface area contributed by atoms with Gasteiger partial charge in [0.25, 0.3) is 0 Å². The third-order valence-corrected chi connectivity index (χ3v) is 3.77. The van der Waals surface area contributed by atoms with Crippen molar-refractivity contribution in [3.8, 4) is 0 Å². The lowest BCUT2D eigenvalue weighted by Gasteiger charge is -2.24.